The van der Waals surface area contributed by atoms with E-state index in [2.05, 4.69) is 17.1 Å². The van der Waals surface area contributed by atoms with Crippen LogP contribution in [0.1, 0.15) is 5.56 Å². The SMILES string of the molecule is COCCn1c(=NC(=O)Cc2cccc3ccccc23)sc2cc(OC)ccc21. The van der Waals surface area contributed by atoms with Crippen molar-refractivity contribution in [1.29, 1.82) is 0 Å². The molecule has 0 spiro atoms. The van der Waals surface area contributed by atoms with Crippen molar-refractivity contribution in [2.45, 2.75) is 13.0 Å². The first-order chi connectivity index (χ1) is 14.2. The monoisotopic (exact) mass is 406 g/mol. The van der Waals surface area contributed by atoms with Crippen molar-refractivity contribution < 1.29 is 14.3 Å². The van der Waals surface area contributed by atoms with E-state index in [0.29, 0.717) is 18.0 Å². The van der Waals surface area contributed by atoms with Crippen molar-refractivity contribution in [2.24, 2.45) is 4.99 Å². The second-order valence-corrected chi connectivity index (χ2v) is 7.69. The number of rotatable bonds is 6. The number of amides is 1. The van der Waals surface area contributed by atoms with Gasteiger partial charge in [-0.25, -0.2) is 0 Å². The van der Waals surface area contributed by atoms with Crippen molar-refractivity contribution in [3.8, 4) is 5.75 Å². The lowest BCUT2D eigenvalue weighted by molar-refractivity contribution is -0.117. The Bertz CT molecular complexity index is 1230. The Labute approximate surface area is 172 Å². The summed E-state index contributed by atoms with van der Waals surface area (Å²) in [6.45, 7) is 1.17. The molecule has 0 saturated carbocycles. The first-order valence-corrected chi connectivity index (χ1v) is 10.2. The number of fused-ring (bicyclic) bond motifs is 2. The van der Waals surface area contributed by atoms with Gasteiger partial charge >= 0.3 is 0 Å². The summed E-state index contributed by atoms with van der Waals surface area (Å²) in [6.07, 6.45) is 0.267. The van der Waals surface area contributed by atoms with Gasteiger partial charge in [-0.3, -0.25) is 4.79 Å². The maximum absolute atomic E-state index is 12.8. The predicted molar refractivity (Wildman–Crippen MR) is 116 cm³/mol. The minimum absolute atomic E-state index is 0.161. The van der Waals surface area contributed by atoms with Gasteiger partial charge in [0.2, 0.25) is 0 Å². The molecule has 1 heterocycles. The van der Waals surface area contributed by atoms with E-state index >= 15 is 0 Å². The molecule has 0 aliphatic rings. The highest BCUT2D eigenvalue weighted by Crippen LogP contribution is 2.23. The van der Waals surface area contributed by atoms with Crippen LogP contribution >= 0.6 is 11.3 Å². The highest BCUT2D eigenvalue weighted by molar-refractivity contribution is 7.16. The molecule has 0 atom stereocenters. The van der Waals surface area contributed by atoms with Gasteiger partial charge in [0.1, 0.15) is 5.75 Å². The Balaban J connectivity index is 1.73. The van der Waals surface area contributed by atoms with Gasteiger partial charge in [-0.1, -0.05) is 53.8 Å². The van der Waals surface area contributed by atoms with Crippen molar-refractivity contribution in [1.82, 2.24) is 4.57 Å². The van der Waals surface area contributed by atoms with Crippen molar-refractivity contribution in [3.63, 3.8) is 0 Å². The second-order valence-electron chi connectivity index (χ2n) is 6.68. The maximum atomic E-state index is 12.8. The molecule has 0 N–H and O–H groups in total. The van der Waals surface area contributed by atoms with E-state index in [1.807, 2.05) is 53.1 Å². The Morgan fingerprint density at radius 2 is 1.90 bits per heavy atom. The zero-order valence-electron chi connectivity index (χ0n) is 16.4. The van der Waals surface area contributed by atoms with E-state index in [0.717, 1.165) is 32.3 Å². The first-order valence-electron chi connectivity index (χ1n) is 9.40. The van der Waals surface area contributed by atoms with Crippen molar-refractivity contribution >= 4 is 38.2 Å². The normalized spacial score (nSPS) is 12.0. The van der Waals surface area contributed by atoms with Crippen molar-refractivity contribution in [2.75, 3.05) is 20.8 Å². The van der Waals surface area contributed by atoms with Gasteiger partial charge < -0.3 is 14.0 Å². The lowest BCUT2D eigenvalue weighted by atomic mass is 10.0. The highest BCUT2D eigenvalue weighted by atomic mass is 32.1. The molecule has 1 amide bonds. The van der Waals surface area contributed by atoms with Crippen LogP contribution < -0.4 is 9.54 Å². The number of hydrogen-bond donors (Lipinski definition) is 0. The second kappa shape index (κ2) is 8.59. The summed E-state index contributed by atoms with van der Waals surface area (Å²) >= 11 is 1.49. The van der Waals surface area contributed by atoms with Gasteiger partial charge in [-0.15, -0.1) is 0 Å². The molecule has 4 rings (SSSR count). The number of carbonyl (C=O) groups excluding carboxylic acids is 1. The molecule has 29 heavy (non-hydrogen) atoms. The van der Waals surface area contributed by atoms with Gasteiger partial charge in [0.15, 0.2) is 4.80 Å². The molecule has 6 heteroatoms. The minimum Gasteiger partial charge on any atom is -0.497 e. The molecule has 0 radical (unpaired) electrons. The largest absolute Gasteiger partial charge is 0.497 e. The quantitative estimate of drug-likeness (QED) is 0.483. The predicted octanol–water partition coefficient (Wildman–Crippen LogP) is 4.18. The summed E-state index contributed by atoms with van der Waals surface area (Å²) in [6, 6.07) is 20.0. The first kappa shape index (κ1) is 19.4. The van der Waals surface area contributed by atoms with Gasteiger partial charge in [0.25, 0.3) is 5.91 Å². The van der Waals surface area contributed by atoms with Crippen molar-refractivity contribution in [3.05, 3.63) is 71.0 Å². The third kappa shape index (κ3) is 4.09. The molecular formula is C23H22N2O3S. The van der Waals surface area contributed by atoms with Gasteiger partial charge in [-0.2, -0.15) is 4.99 Å². The number of aromatic nitrogens is 1. The molecular weight excluding hydrogens is 384 g/mol. The summed E-state index contributed by atoms with van der Waals surface area (Å²) in [5.41, 5.74) is 2.01. The Hall–Kier alpha value is -2.96. The van der Waals surface area contributed by atoms with Crippen LogP contribution in [0.15, 0.2) is 65.7 Å². The third-order valence-electron chi connectivity index (χ3n) is 4.85. The fraction of sp³-hybridized carbons (Fsp3) is 0.217. The minimum atomic E-state index is -0.161. The van der Waals surface area contributed by atoms with Gasteiger partial charge in [0, 0.05) is 13.7 Å². The Morgan fingerprint density at radius 1 is 1.07 bits per heavy atom. The van der Waals surface area contributed by atoms with E-state index < -0.39 is 0 Å². The highest BCUT2D eigenvalue weighted by Gasteiger charge is 2.11. The summed E-state index contributed by atoms with van der Waals surface area (Å²) in [5, 5.41) is 2.22. The summed E-state index contributed by atoms with van der Waals surface area (Å²) in [4.78, 5) is 18.0. The molecule has 5 nitrogen and oxygen atoms in total. The van der Waals surface area contributed by atoms with E-state index in [1.165, 1.54) is 11.3 Å². The molecule has 0 fully saturated rings. The van der Waals surface area contributed by atoms with Crippen LogP contribution in [0.25, 0.3) is 21.0 Å². The third-order valence-corrected chi connectivity index (χ3v) is 5.89. The fourth-order valence-electron chi connectivity index (χ4n) is 3.42. The van der Waals surface area contributed by atoms with E-state index in [4.69, 9.17) is 9.47 Å². The lowest BCUT2D eigenvalue weighted by Crippen LogP contribution is -2.19. The molecule has 0 aliphatic heterocycles. The molecule has 4 aromatic rings. The van der Waals surface area contributed by atoms with Crippen LogP contribution in [0, 0.1) is 0 Å². The topological polar surface area (TPSA) is 52.8 Å². The van der Waals surface area contributed by atoms with E-state index in [9.17, 15) is 4.79 Å². The van der Waals surface area contributed by atoms with Crippen LogP contribution in [-0.2, 0) is 22.5 Å². The fourth-order valence-corrected chi connectivity index (χ4v) is 4.52. The molecule has 0 bridgehead atoms. The summed E-state index contributed by atoms with van der Waals surface area (Å²) in [7, 11) is 3.31. The Kier molecular flexibility index (Phi) is 5.74. The lowest BCUT2D eigenvalue weighted by Gasteiger charge is -2.06. The number of methoxy groups -OCH3 is 2. The van der Waals surface area contributed by atoms with Crippen LogP contribution in [-0.4, -0.2) is 31.3 Å². The van der Waals surface area contributed by atoms with Crippen LogP contribution in [0.5, 0.6) is 5.75 Å². The van der Waals surface area contributed by atoms with Crippen LogP contribution in [0.2, 0.25) is 0 Å². The maximum Gasteiger partial charge on any atom is 0.252 e. The average molecular weight is 407 g/mol. The molecule has 0 aliphatic carbocycles. The molecule has 1 aromatic heterocycles. The summed E-state index contributed by atoms with van der Waals surface area (Å²) < 4.78 is 13.6. The Morgan fingerprint density at radius 3 is 2.72 bits per heavy atom. The average Bonchev–Trinajstić information content (AvgIpc) is 3.08. The van der Waals surface area contributed by atoms with E-state index in [1.54, 1.807) is 14.2 Å². The summed E-state index contributed by atoms with van der Waals surface area (Å²) in [5.74, 6) is 0.623. The number of carbonyl (C=O) groups is 1. The molecule has 3 aromatic carbocycles. The number of nitrogens with zero attached hydrogens (tertiary/aromatic N) is 2. The number of ether oxygens (including phenoxy) is 2. The zero-order chi connectivity index (χ0) is 20.2. The molecule has 148 valence electrons. The standard InChI is InChI=1S/C23H22N2O3S/c1-27-13-12-25-20-11-10-18(28-2)15-21(20)29-23(25)24-22(26)14-17-8-5-7-16-6-3-4-9-19(16)17/h3-11,15H,12-14H2,1-2H3. The molecule has 0 saturated heterocycles. The van der Waals surface area contributed by atoms with E-state index in [-0.39, 0.29) is 12.3 Å². The number of hydrogen-bond acceptors (Lipinski definition) is 4. The smallest absolute Gasteiger partial charge is 0.252 e. The number of benzene rings is 3. The van der Waals surface area contributed by atoms with Crippen LogP contribution in [0.4, 0.5) is 0 Å². The van der Waals surface area contributed by atoms with Gasteiger partial charge in [0.05, 0.1) is 30.4 Å². The zero-order valence-corrected chi connectivity index (χ0v) is 17.2. The van der Waals surface area contributed by atoms with Gasteiger partial charge in [-0.05, 0) is 34.5 Å². The molecule has 0 unspecified atom stereocenters. The van der Waals surface area contributed by atoms with Crippen LogP contribution in [0.3, 0.4) is 0 Å². The number of thiazole rings is 1.